The fourth-order valence-electron chi connectivity index (χ4n) is 2.54. The van der Waals surface area contributed by atoms with Crippen LogP contribution in [0.15, 0.2) is 58.4 Å². The average Bonchev–Trinajstić information content (AvgIpc) is 2.96. The van der Waals surface area contributed by atoms with E-state index in [0.717, 1.165) is 0 Å². The Morgan fingerprint density at radius 1 is 1.10 bits per heavy atom. The molecule has 0 bridgehead atoms. The van der Waals surface area contributed by atoms with E-state index < -0.39 is 41.7 Å². The zero-order valence-corrected chi connectivity index (χ0v) is 16.0. The molecule has 0 atom stereocenters. The van der Waals surface area contributed by atoms with Crippen LogP contribution in [0, 0.1) is 0 Å². The summed E-state index contributed by atoms with van der Waals surface area (Å²) in [4.78, 5) is 27.7. The summed E-state index contributed by atoms with van der Waals surface area (Å²) in [5.41, 5.74) is 0.301. The standard InChI is InChI=1S/C18H15F2N3O6S/c19-18(20)29-13-7-3-2-6-12(13)22-15(24)10-28-16(25)9-21-17-11-5-1-4-8-14(11)30(26,27)23-17/h1-8,18H,9-10H2,(H,21,23)(H,22,24). The van der Waals surface area contributed by atoms with Crippen LogP contribution < -0.4 is 14.8 Å². The maximum absolute atomic E-state index is 12.4. The number of ether oxygens (including phenoxy) is 2. The molecule has 2 aromatic carbocycles. The van der Waals surface area contributed by atoms with Crippen molar-refractivity contribution in [2.75, 3.05) is 18.5 Å². The van der Waals surface area contributed by atoms with Gasteiger partial charge in [0.25, 0.3) is 15.9 Å². The smallest absolute Gasteiger partial charge is 0.387 e. The fourth-order valence-corrected chi connectivity index (χ4v) is 3.79. The van der Waals surface area contributed by atoms with Crippen LogP contribution in [0.2, 0.25) is 0 Å². The molecule has 2 aromatic rings. The summed E-state index contributed by atoms with van der Waals surface area (Å²) in [6.45, 7) is -4.31. The zero-order valence-electron chi connectivity index (χ0n) is 15.2. The highest BCUT2D eigenvalue weighted by Gasteiger charge is 2.30. The third kappa shape index (κ3) is 5.08. The molecule has 0 saturated carbocycles. The van der Waals surface area contributed by atoms with Gasteiger partial charge in [-0.3, -0.25) is 19.3 Å². The first-order valence-corrected chi connectivity index (χ1v) is 9.90. The number of rotatable bonds is 7. The highest BCUT2D eigenvalue weighted by molar-refractivity contribution is 7.90. The van der Waals surface area contributed by atoms with Gasteiger partial charge in [0.05, 0.1) is 10.6 Å². The van der Waals surface area contributed by atoms with Crippen molar-refractivity contribution in [3.8, 4) is 5.75 Å². The van der Waals surface area contributed by atoms with Crippen molar-refractivity contribution in [1.29, 1.82) is 0 Å². The van der Waals surface area contributed by atoms with Crippen molar-refractivity contribution in [3.05, 3.63) is 54.1 Å². The number of aliphatic imine (C=N–C) groups is 1. The van der Waals surface area contributed by atoms with Gasteiger partial charge >= 0.3 is 12.6 Å². The second-order valence-corrected chi connectivity index (χ2v) is 7.50. The van der Waals surface area contributed by atoms with Crippen LogP contribution in [0.5, 0.6) is 5.75 Å². The number of nitrogens with one attached hydrogen (secondary N) is 2. The highest BCUT2D eigenvalue weighted by Crippen LogP contribution is 2.25. The number of nitrogens with zero attached hydrogens (tertiary/aromatic N) is 1. The van der Waals surface area contributed by atoms with Crippen LogP contribution in [0.3, 0.4) is 0 Å². The number of sulfonamides is 1. The predicted molar refractivity (Wildman–Crippen MR) is 101 cm³/mol. The zero-order chi connectivity index (χ0) is 21.7. The Labute approximate surface area is 169 Å². The van der Waals surface area contributed by atoms with Crippen LogP contribution in [0.4, 0.5) is 14.5 Å². The Hall–Kier alpha value is -3.54. The molecule has 158 valence electrons. The maximum atomic E-state index is 12.4. The first-order valence-electron chi connectivity index (χ1n) is 8.42. The van der Waals surface area contributed by atoms with Gasteiger partial charge in [-0.25, -0.2) is 8.42 Å². The molecule has 1 amide bonds. The van der Waals surface area contributed by atoms with Gasteiger partial charge in [0.1, 0.15) is 18.1 Å². The summed E-state index contributed by atoms with van der Waals surface area (Å²) < 4.78 is 60.0. The number of para-hydroxylation sites is 2. The molecular formula is C18H15F2N3O6S. The lowest BCUT2D eigenvalue weighted by atomic mass is 10.2. The Balaban J connectivity index is 1.55. The van der Waals surface area contributed by atoms with E-state index in [0.29, 0.717) is 5.56 Å². The van der Waals surface area contributed by atoms with Crippen LogP contribution in [0.1, 0.15) is 5.56 Å². The second kappa shape index (κ2) is 8.86. The van der Waals surface area contributed by atoms with Gasteiger partial charge in [-0.2, -0.15) is 8.78 Å². The minimum absolute atomic E-state index is 0.00919. The number of carbonyl (C=O) groups is 2. The molecule has 12 heteroatoms. The van der Waals surface area contributed by atoms with Crippen molar-refractivity contribution in [3.63, 3.8) is 0 Å². The maximum Gasteiger partial charge on any atom is 0.387 e. The molecule has 0 spiro atoms. The molecule has 30 heavy (non-hydrogen) atoms. The van der Waals surface area contributed by atoms with Crippen molar-refractivity contribution < 1.29 is 36.3 Å². The van der Waals surface area contributed by atoms with Gasteiger partial charge in [0.2, 0.25) is 0 Å². The number of amides is 1. The lowest BCUT2D eigenvalue weighted by Crippen LogP contribution is -2.25. The SMILES string of the molecule is O=C(COC(=O)CN=C1NS(=O)(=O)c2ccccc21)Nc1ccccc1OC(F)F. The number of amidine groups is 1. The van der Waals surface area contributed by atoms with E-state index in [1.165, 1.54) is 36.4 Å². The van der Waals surface area contributed by atoms with Gasteiger partial charge in [-0.15, -0.1) is 0 Å². The van der Waals surface area contributed by atoms with E-state index in [1.807, 2.05) is 0 Å². The Morgan fingerprint density at radius 2 is 1.80 bits per heavy atom. The number of hydrogen-bond acceptors (Lipinski definition) is 7. The van der Waals surface area contributed by atoms with E-state index in [1.54, 1.807) is 12.1 Å². The third-order valence-corrected chi connectivity index (χ3v) is 5.17. The quantitative estimate of drug-likeness (QED) is 0.631. The lowest BCUT2D eigenvalue weighted by molar-refractivity contribution is -0.145. The number of anilines is 1. The summed E-state index contributed by atoms with van der Waals surface area (Å²) >= 11 is 0. The largest absolute Gasteiger partial charge is 0.454 e. The van der Waals surface area contributed by atoms with Crippen LogP contribution in [0.25, 0.3) is 0 Å². The van der Waals surface area contributed by atoms with Crippen molar-refractivity contribution in [2.24, 2.45) is 4.99 Å². The summed E-state index contributed by atoms with van der Waals surface area (Å²) in [5.74, 6) is -1.93. The van der Waals surface area contributed by atoms with E-state index >= 15 is 0 Å². The second-order valence-electron chi connectivity index (χ2n) is 5.85. The molecule has 0 saturated heterocycles. The summed E-state index contributed by atoms with van der Waals surface area (Å²) in [6.07, 6.45) is 0. The number of benzene rings is 2. The number of alkyl halides is 2. The molecule has 3 rings (SSSR count). The molecule has 1 heterocycles. The molecule has 1 aliphatic rings. The Bertz CT molecular complexity index is 1100. The average molecular weight is 439 g/mol. The number of fused-ring (bicyclic) bond motifs is 1. The molecule has 9 nitrogen and oxygen atoms in total. The Morgan fingerprint density at radius 3 is 2.57 bits per heavy atom. The third-order valence-electron chi connectivity index (χ3n) is 3.77. The van der Waals surface area contributed by atoms with Crippen LogP contribution >= 0.6 is 0 Å². The van der Waals surface area contributed by atoms with Crippen molar-refractivity contribution in [1.82, 2.24) is 4.72 Å². The number of esters is 1. The number of halogens is 2. The van der Waals surface area contributed by atoms with E-state index in [2.05, 4.69) is 19.8 Å². The lowest BCUT2D eigenvalue weighted by Gasteiger charge is -2.11. The minimum atomic E-state index is -3.74. The van der Waals surface area contributed by atoms with E-state index in [4.69, 9.17) is 4.74 Å². The fraction of sp³-hybridized carbons (Fsp3) is 0.167. The predicted octanol–water partition coefficient (Wildman–Crippen LogP) is 1.51. The molecule has 0 radical (unpaired) electrons. The molecule has 0 fully saturated rings. The summed E-state index contributed by atoms with van der Waals surface area (Å²) in [7, 11) is -3.74. The van der Waals surface area contributed by atoms with Gasteiger partial charge in [-0.1, -0.05) is 24.3 Å². The monoisotopic (exact) mass is 439 g/mol. The van der Waals surface area contributed by atoms with E-state index in [9.17, 15) is 26.8 Å². The number of hydrogen-bond donors (Lipinski definition) is 2. The minimum Gasteiger partial charge on any atom is -0.454 e. The molecule has 0 unspecified atom stereocenters. The summed E-state index contributed by atoms with van der Waals surface area (Å²) in [6, 6.07) is 11.6. The first kappa shape index (κ1) is 21.2. The highest BCUT2D eigenvalue weighted by atomic mass is 32.2. The summed E-state index contributed by atoms with van der Waals surface area (Å²) in [5, 5.41) is 2.29. The molecule has 0 aliphatic carbocycles. The van der Waals surface area contributed by atoms with Crippen molar-refractivity contribution >= 4 is 33.4 Å². The Kier molecular flexibility index (Phi) is 6.26. The molecular weight excluding hydrogens is 424 g/mol. The molecule has 1 aliphatic heterocycles. The first-order chi connectivity index (χ1) is 14.3. The topological polar surface area (TPSA) is 123 Å². The van der Waals surface area contributed by atoms with Crippen molar-refractivity contribution in [2.45, 2.75) is 11.5 Å². The van der Waals surface area contributed by atoms with Gasteiger partial charge in [0, 0.05) is 5.56 Å². The van der Waals surface area contributed by atoms with Crippen LogP contribution in [-0.2, 0) is 24.3 Å². The van der Waals surface area contributed by atoms with Gasteiger partial charge < -0.3 is 14.8 Å². The molecule has 2 N–H and O–H groups in total. The van der Waals surface area contributed by atoms with E-state index in [-0.39, 0.29) is 22.2 Å². The van der Waals surface area contributed by atoms with Crippen LogP contribution in [-0.4, -0.2) is 45.9 Å². The normalized spacial score (nSPS) is 15.4. The number of carbonyl (C=O) groups excluding carboxylic acids is 2. The molecule has 0 aromatic heterocycles. The van der Waals surface area contributed by atoms with Gasteiger partial charge in [0.15, 0.2) is 6.61 Å². The van der Waals surface area contributed by atoms with Gasteiger partial charge in [-0.05, 0) is 24.3 Å².